The molecule has 306 valence electrons. The maximum absolute atomic E-state index is 14.5. The zero-order chi connectivity index (χ0) is 40.4. The number of carbonyl (C=O) groups excluding carboxylic acids is 4. The van der Waals surface area contributed by atoms with Crippen LogP contribution in [0.1, 0.15) is 105 Å². The van der Waals surface area contributed by atoms with Gasteiger partial charge in [0.15, 0.2) is 0 Å². The van der Waals surface area contributed by atoms with Crippen molar-refractivity contribution in [1.82, 2.24) is 25.2 Å². The van der Waals surface area contributed by atoms with E-state index in [1.165, 1.54) is 11.3 Å². The Balaban J connectivity index is 0.964. The van der Waals surface area contributed by atoms with E-state index in [0.29, 0.717) is 42.0 Å². The summed E-state index contributed by atoms with van der Waals surface area (Å²) in [6.45, 7) is 4.41. The molecule has 1 spiro atoms. The van der Waals surface area contributed by atoms with E-state index in [-0.39, 0.29) is 48.0 Å². The van der Waals surface area contributed by atoms with Gasteiger partial charge in [-0.25, -0.2) is 5.09 Å². The van der Waals surface area contributed by atoms with Crippen molar-refractivity contribution in [3.8, 4) is 5.75 Å². The second-order valence-corrected chi connectivity index (χ2v) is 19.6. The molecule has 3 amide bonds. The topological polar surface area (TPSA) is 147 Å². The summed E-state index contributed by atoms with van der Waals surface area (Å²) < 4.78 is 26.5. The molecule has 0 radical (unpaired) electrons. The van der Waals surface area contributed by atoms with E-state index in [4.69, 9.17) is 9.26 Å². The molecule has 4 fully saturated rings. The molecule has 2 aromatic heterocycles. The van der Waals surface area contributed by atoms with Crippen LogP contribution in [0.5, 0.6) is 5.75 Å². The molecule has 58 heavy (non-hydrogen) atoms. The molecule has 12 nitrogen and oxygen atoms in total. The molecule has 3 saturated heterocycles. The number of hydrogen-bond acceptors (Lipinski definition) is 9. The number of likely N-dealkylation sites (tertiary alicyclic amines) is 1. The molecule has 3 aliphatic heterocycles. The zero-order valence-corrected chi connectivity index (χ0v) is 34.9. The molecule has 1 unspecified atom stereocenters. The number of benzene rings is 2. The number of thiophene rings is 1. The number of amides is 3. The molecular weight excluding hydrogens is 774 g/mol. The first-order valence-corrected chi connectivity index (χ1v) is 23.3. The van der Waals surface area contributed by atoms with E-state index >= 15 is 0 Å². The first-order valence-electron chi connectivity index (χ1n) is 20.7. The van der Waals surface area contributed by atoms with Crippen molar-refractivity contribution in [3.63, 3.8) is 0 Å². The first kappa shape index (κ1) is 40.2. The summed E-state index contributed by atoms with van der Waals surface area (Å²) in [5.41, 5.74) is 1.72. The van der Waals surface area contributed by atoms with Gasteiger partial charge >= 0.3 is 13.5 Å². The van der Waals surface area contributed by atoms with Crippen molar-refractivity contribution in [2.45, 2.75) is 120 Å². The SMILES string of the molecule is CCCOC(=O)[C@H](C)NP(=O)(Cc1ccc2sc(C(=O)N[C@H]3CCCC[C@H]4CC[C@@H](C(=O)N5C[C@@H](c6cccnc6)CC56CC6)N4C3=O)cc2c1)Oc1ccccc1. The van der Waals surface area contributed by atoms with Crippen molar-refractivity contribution in [3.05, 3.63) is 95.1 Å². The maximum atomic E-state index is 14.5. The fraction of sp³-hybridized carbons (Fsp3) is 0.477. The van der Waals surface area contributed by atoms with Crippen molar-refractivity contribution in [2.75, 3.05) is 13.2 Å². The molecule has 4 aromatic rings. The Morgan fingerprint density at radius 2 is 1.83 bits per heavy atom. The van der Waals surface area contributed by atoms with Crippen molar-refractivity contribution in [2.24, 2.45) is 0 Å². The molecule has 8 rings (SSSR count). The van der Waals surface area contributed by atoms with Crippen LogP contribution in [-0.2, 0) is 29.8 Å². The highest BCUT2D eigenvalue weighted by atomic mass is 32.1. The predicted octanol–water partition coefficient (Wildman–Crippen LogP) is 7.58. The van der Waals surface area contributed by atoms with Gasteiger partial charge in [0.25, 0.3) is 5.91 Å². The van der Waals surface area contributed by atoms with Crippen LogP contribution in [0.15, 0.2) is 79.1 Å². The van der Waals surface area contributed by atoms with Crippen LogP contribution >= 0.6 is 18.9 Å². The summed E-state index contributed by atoms with van der Waals surface area (Å²) in [4.78, 5) is 64.1. The third-order valence-electron chi connectivity index (χ3n) is 12.2. The highest BCUT2D eigenvalue weighted by Crippen LogP contribution is 2.54. The van der Waals surface area contributed by atoms with Gasteiger partial charge in [-0.2, -0.15) is 0 Å². The van der Waals surface area contributed by atoms with E-state index < -0.39 is 31.6 Å². The lowest BCUT2D eigenvalue weighted by Gasteiger charge is -2.37. The van der Waals surface area contributed by atoms with E-state index in [2.05, 4.69) is 26.4 Å². The first-order chi connectivity index (χ1) is 28.0. The highest BCUT2D eigenvalue weighted by molar-refractivity contribution is 7.56. The van der Waals surface area contributed by atoms with Crippen molar-refractivity contribution < 1.29 is 33.0 Å². The lowest BCUT2D eigenvalue weighted by atomic mass is 9.97. The Kier molecular flexibility index (Phi) is 11.8. The summed E-state index contributed by atoms with van der Waals surface area (Å²) >= 11 is 1.32. The summed E-state index contributed by atoms with van der Waals surface area (Å²) in [6, 6.07) is 18.1. The zero-order valence-electron chi connectivity index (χ0n) is 33.1. The van der Waals surface area contributed by atoms with Crippen LogP contribution in [0.4, 0.5) is 0 Å². The van der Waals surface area contributed by atoms with Crippen molar-refractivity contribution >= 4 is 52.6 Å². The molecule has 14 heteroatoms. The summed E-state index contributed by atoms with van der Waals surface area (Å²) in [5.74, 6) is -0.333. The van der Waals surface area contributed by atoms with E-state index in [1.807, 2.05) is 48.4 Å². The standard InChI is InChI=1S/C44H52N5O7PS/c1-3-22-55-43(53)29(2)47-57(54,56-35-12-5-4-6-13-35)28-30-15-18-38-32(23-30)24-39(58-38)40(50)46-36-14-8-7-11-34-16-17-37(49(34)41(36)51)42(52)48-27-33(25-44(48)19-20-44)31-10-9-21-45-26-31/h4-6,9-10,12-13,15,18,21,23-24,26,29,33-34,36-37H,3,7-8,11,14,16-17,19-20,22,25,27-28H2,1-2H3,(H,46,50)(H,47,54)/t29-,33-,34-,36-,37-,57?/m0/s1. The fourth-order valence-corrected chi connectivity index (χ4v) is 12.1. The number of rotatable bonds is 13. The number of nitrogens with one attached hydrogen (secondary N) is 2. The number of carbonyl (C=O) groups is 4. The van der Waals surface area contributed by atoms with Crippen LogP contribution in [0.2, 0.25) is 0 Å². The number of para-hydroxylation sites is 1. The smallest absolute Gasteiger partial charge is 0.323 e. The average Bonchev–Trinajstić information content (AvgIpc) is 3.50. The third kappa shape index (κ3) is 8.58. The molecular formula is C44H52N5O7PS. The van der Waals surface area contributed by atoms with Gasteiger partial charge in [-0.05, 0) is 111 Å². The van der Waals surface area contributed by atoms with Gasteiger partial charge in [0.05, 0.1) is 17.6 Å². The molecule has 2 aromatic carbocycles. The number of ether oxygens (including phenoxy) is 1. The fourth-order valence-electron chi connectivity index (χ4n) is 9.12. The minimum absolute atomic E-state index is 0.0166. The van der Waals surface area contributed by atoms with E-state index in [0.717, 1.165) is 60.6 Å². The van der Waals surface area contributed by atoms with Crippen LogP contribution in [0, 0.1) is 0 Å². The molecule has 6 atom stereocenters. The Hall–Kier alpha value is -4.58. The number of pyridine rings is 1. The van der Waals surface area contributed by atoms with Gasteiger partial charge in [0.1, 0.15) is 23.9 Å². The van der Waals surface area contributed by atoms with Gasteiger partial charge in [0.2, 0.25) is 11.8 Å². The number of esters is 1. The predicted molar refractivity (Wildman–Crippen MR) is 223 cm³/mol. The molecule has 2 N–H and O–H groups in total. The van der Waals surface area contributed by atoms with E-state index in [9.17, 15) is 23.7 Å². The number of nitrogens with zero attached hydrogens (tertiary/aromatic N) is 3. The Morgan fingerprint density at radius 3 is 2.59 bits per heavy atom. The lowest BCUT2D eigenvalue weighted by Crippen LogP contribution is -2.57. The minimum Gasteiger partial charge on any atom is -0.465 e. The van der Waals surface area contributed by atoms with Crippen LogP contribution in [-0.4, -0.2) is 81.3 Å². The van der Waals surface area contributed by atoms with Crippen LogP contribution in [0.25, 0.3) is 10.1 Å². The van der Waals surface area contributed by atoms with Crippen LogP contribution in [0.3, 0.4) is 0 Å². The number of aromatic nitrogens is 1. The minimum atomic E-state index is -3.68. The van der Waals surface area contributed by atoms with E-state index in [1.54, 1.807) is 43.5 Å². The Morgan fingerprint density at radius 1 is 1.02 bits per heavy atom. The average molecular weight is 826 g/mol. The van der Waals surface area contributed by atoms with Crippen molar-refractivity contribution in [1.29, 1.82) is 0 Å². The summed E-state index contributed by atoms with van der Waals surface area (Å²) in [5, 5.41) is 6.78. The quantitative estimate of drug-likeness (QED) is 0.103. The maximum Gasteiger partial charge on any atom is 0.323 e. The monoisotopic (exact) mass is 825 g/mol. The van der Waals surface area contributed by atoms with Gasteiger partial charge in [-0.15, -0.1) is 11.3 Å². The number of hydrogen-bond donors (Lipinski definition) is 2. The van der Waals surface area contributed by atoms with Gasteiger partial charge < -0.3 is 24.4 Å². The van der Waals surface area contributed by atoms with Gasteiger partial charge in [-0.3, -0.25) is 28.7 Å². The molecule has 4 aliphatic rings. The molecule has 1 aliphatic carbocycles. The Bertz CT molecular complexity index is 2200. The largest absolute Gasteiger partial charge is 0.465 e. The highest BCUT2D eigenvalue weighted by Gasteiger charge is 2.58. The third-order valence-corrected chi connectivity index (χ3v) is 15.3. The van der Waals surface area contributed by atoms with Gasteiger partial charge in [0, 0.05) is 41.1 Å². The summed E-state index contributed by atoms with van der Waals surface area (Å²) in [6.07, 6.45) is 11.8. The Labute approximate surface area is 343 Å². The number of fused-ring (bicyclic) bond motifs is 2. The normalized spacial score (nSPS) is 24.1. The molecule has 5 heterocycles. The van der Waals surface area contributed by atoms with Crippen LogP contribution < -0.4 is 14.9 Å². The lowest BCUT2D eigenvalue weighted by molar-refractivity contribution is -0.148. The molecule has 1 saturated carbocycles. The second-order valence-electron chi connectivity index (χ2n) is 16.4. The van der Waals surface area contributed by atoms with Gasteiger partial charge in [-0.1, -0.05) is 50.1 Å². The summed E-state index contributed by atoms with van der Waals surface area (Å²) in [7, 11) is -3.68. The molecule has 0 bridgehead atoms. The second kappa shape index (κ2) is 17.0.